The van der Waals surface area contributed by atoms with Gasteiger partial charge in [0.05, 0.1) is 17.8 Å². The number of carbonyl (C=O) groups is 2. The fourth-order valence-corrected chi connectivity index (χ4v) is 4.57. The highest BCUT2D eigenvalue weighted by molar-refractivity contribution is 7.16. The third kappa shape index (κ3) is 4.35. The first-order valence-electron chi connectivity index (χ1n) is 8.57. The summed E-state index contributed by atoms with van der Waals surface area (Å²) in [5, 5.41) is 7.67. The van der Waals surface area contributed by atoms with E-state index in [-0.39, 0.29) is 18.4 Å². The number of amides is 2. The molecule has 3 aromatic rings. The normalized spacial score (nSPS) is 13.1. The molecule has 1 aliphatic rings. The Morgan fingerprint density at radius 3 is 2.82 bits per heavy atom. The van der Waals surface area contributed by atoms with E-state index >= 15 is 0 Å². The molecule has 0 radical (unpaired) electrons. The number of thiophene rings is 1. The summed E-state index contributed by atoms with van der Waals surface area (Å²) in [6.07, 6.45) is 0.660. The molecule has 0 atom stereocenters. The van der Waals surface area contributed by atoms with Crippen molar-refractivity contribution in [3.05, 3.63) is 62.2 Å². The number of ether oxygens (including phenoxy) is 1. The summed E-state index contributed by atoms with van der Waals surface area (Å²) in [4.78, 5) is 31.9. The van der Waals surface area contributed by atoms with E-state index in [2.05, 4.69) is 10.3 Å². The highest BCUT2D eigenvalue weighted by Gasteiger charge is 2.25. The number of hydrogen-bond acceptors (Lipinski definition) is 6. The molecule has 0 saturated carbocycles. The molecule has 0 fully saturated rings. The molecule has 144 valence electrons. The molecule has 1 N–H and O–H groups in total. The van der Waals surface area contributed by atoms with E-state index < -0.39 is 0 Å². The number of hydrogen-bond donors (Lipinski definition) is 1. The number of thiazole rings is 1. The fraction of sp³-hybridized carbons (Fsp3) is 0.211. The second kappa shape index (κ2) is 8.30. The standard InChI is InChI=1S/C19H16ClN3O3S2/c20-13-1-3-14(4-2-13)26-10-17(24)23-7-5-15-16(9-23)28-19(21-15)22-18(25)12-6-8-27-11-12/h1-4,6,8,11H,5,7,9-10H2,(H,21,22,25). The predicted molar refractivity (Wildman–Crippen MR) is 110 cm³/mol. The largest absolute Gasteiger partial charge is 0.484 e. The summed E-state index contributed by atoms with van der Waals surface area (Å²) in [6, 6.07) is 8.68. The Labute approximate surface area is 174 Å². The SMILES string of the molecule is O=C(Nc1nc2c(s1)CN(C(=O)COc1ccc(Cl)cc1)CC2)c1ccsc1. The van der Waals surface area contributed by atoms with E-state index in [1.165, 1.54) is 22.7 Å². The lowest BCUT2D eigenvalue weighted by Gasteiger charge is -2.26. The predicted octanol–water partition coefficient (Wildman–Crippen LogP) is 4.07. The van der Waals surface area contributed by atoms with Gasteiger partial charge in [0, 0.05) is 28.2 Å². The lowest BCUT2D eigenvalue weighted by atomic mass is 10.2. The van der Waals surface area contributed by atoms with Crippen LogP contribution in [0.2, 0.25) is 5.02 Å². The number of anilines is 1. The maximum absolute atomic E-state index is 12.5. The number of benzene rings is 1. The summed E-state index contributed by atoms with van der Waals surface area (Å²) in [6.45, 7) is 1.03. The zero-order chi connectivity index (χ0) is 19.5. The third-order valence-corrected chi connectivity index (χ3v) is 6.20. The molecular weight excluding hydrogens is 418 g/mol. The molecule has 0 bridgehead atoms. The third-order valence-electron chi connectivity index (χ3n) is 4.26. The average molecular weight is 434 g/mol. The Balaban J connectivity index is 1.35. The van der Waals surface area contributed by atoms with E-state index in [0.29, 0.717) is 41.0 Å². The second-order valence-electron chi connectivity index (χ2n) is 6.16. The van der Waals surface area contributed by atoms with Crippen molar-refractivity contribution in [1.82, 2.24) is 9.88 Å². The molecule has 0 aliphatic carbocycles. The highest BCUT2D eigenvalue weighted by Crippen LogP contribution is 2.29. The zero-order valence-corrected chi connectivity index (χ0v) is 17.1. The van der Waals surface area contributed by atoms with Gasteiger partial charge in [-0.3, -0.25) is 14.9 Å². The molecule has 2 amide bonds. The van der Waals surface area contributed by atoms with Crippen LogP contribution in [0.4, 0.5) is 5.13 Å². The smallest absolute Gasteiger partial charge is 0.260 e. The summed E-state index contributed by atoms with van der Waals surface area (Å²) in [7, 11) is 0. The molecule has 28 heavy (non-hydrogen) atoms. The molecule has 6 nitrogen and oxygen atoms in total. The number of halogens is 1. The first-order chi connectivity index (χ1) is 13.6. The molecule has 1 aliphatic heterocycles. The minimum Gasteiger partial charge on any atom is -0.484 e. The van der Waals surface area contributed by atoms with Crippen molar-refractivity contribution in [2.24, 2.45) is 0 Å². The van der Waals surface area contributed by atoms with Crippen LogP contribution >= 0.6 is 34.3 Å². The summed E-state index contributed by atoms with van der Waals surface area (Å²) >= 11 is 8.73. The first kappa shape index (κ1) is 18.9. The minimum atomic E-state index is -0.170. The maximum atomic E-state index is 12.5. The number of carbonyl (C=O) groups excluding carboxylic acids is 2. The van der Waals surface area contributed by atoms with Gasteiger partial charge in [0.15, 0.2) is 11.7 Å². The van der Waals surface area contributed by atoms with Gasteiger partial charge in [0.1, 0.15) is 5.75 Å². The molecular formula is C19H16ClN3O3S2. The van der Waals surface area contributed by atoms with Crippen molar-refractivity contribution >= 4 is 51.2 Å². The van der Waals surface area contributed by atoms with Gasteiger partial charge in [0.25, 0.3) is 11.8 Å². The summed E-state index contributed by atoms with van der Waals surface area (Å²) < 4.78 is 5.55. The molecule has 0 saturated heterocycles. The van der Waals surface area contributed by atoms with Gasteiger partial charge in [-0.2, -0.15) is 11.3 Å². The molecule has 1 aromatic carbocycles. The van der Waals surface area contributed by atoms with E-state index in [1.807, 2.05) is 5.38 Å². The Hall–Kier alpha value is -2.42. The number of fused-ring (bicyclic) bond motifs is 1. The minimum absolute atomic E-state index is 0.0302. The van der Waals surface area contributed by atoms with Gasteiger partial charge < -0.3 is 9.64 Å². The van der Waals surface area contributed by atoms with Crippen molar-refractivity contribution in [1.29, 1.82) is 0 Å². The van der Waals surface area contributed by atoms with Crippen LogP contribution in [0.1, 0.15) is 20.9 Å². The first-order valence-corrected chi connectivity index (χ1v) is 10.7. The van der Waals surface area contributed by atoms with Crippen molar-refractivity contribution in [2.75, 3.05) is 18.5 Å². The van der Waals surface area contributed by atoms with E-state index in [9.17, 15) is 9.59 Å². The fourth-order valence-electron chi connectivity index (χ4n) is 2.79. The number of nitrogens with one attached hydrogen (secondary N) is 1. The topological polar surface area (TPSA) is 71.5 Å². The van der Waals surface area contributed by atoms with Crippen LogP contribution in [-0.4, -0.2) is 34.8 Å². The van der Waals surface area contributed by atoms with E-state index in [4.69, 9.17) is 16.3 Å². The van der Waals surface area contributed by atoms with Crippen molar-refractivity contribution in [3.8, 4) is 5.75 Å². The molecule has 3 heterocycles. The van der Waals surface area contributed by atoms with Crippen LogP contribution in [0.3, 0.4) is 0 Å². The van der Waals surface area contributed by atoms with Gasteiger partial charge in [-0.05, 0) is 35.7 Å². The average Bonchev–Trinajstić information content (AvgIpc) is 3.36. The molecule has 4 rings (SSSR count). The van der Waals surface area contributed by atoms with Crippen LogP contribution in [-0.2, 0) is 17.8 Å². The lowest BCUT2D eigenvalue weighted by molar-refractivity contribution is -0.134. The molecule has 0 spiro atoms. The Bertz CT molecular complexity index is 987. The summed E-state index contributed by atoms with van der Waals surface area (Å²) in [5.41, 5.74) is 1.56. The molecule has 0 unspecified atom stereocenters. The summed E-state index contributed by atoms with van der Waals surface area (Å²) in [5.74, 6) is 0.348. The second-order valence-corrected chi connectivity index (χ2v) is 8.46. The van der Waals surface area contributed by atoms with Gasteiger partial charge >= 0.3 is 0 Å². The molecule has 9 heteroatoms. The van der Waals surface area contributed by atoms with Gasteiger partial charge in [0.2, 0.25) is 0 Å². The number of rotatable bonds is 5. The highest BCUT2D eigenvalue weighted by atomic mass is 35.5. The Morgan fingerprint density at radius 1 is 1.25 bits per heavy atom. The van der Waals surface area contributed by atoms with Crippen LogP contribution in [0.15, 0.2) is 41.1 Å². The van der Waals surface area contributed by atoms with Crippen LogP contribution in [0.25, 0.3) is 0 Å². The van der Waals surface area contributed by atoms with E-state index in [0.717, 1.165) is 10.6 Å². The van der Waals surface area contributed by atoms with Gasteiger partial charge in [-0.15, -0.1) is 0 Å². The van der Waals surface area contributed by atoms with Crippen LogP contribution in [0, 0.1) is 0 Å². The monoisotopic (exact) mass is 433 g/mol. The molecule has 2 aromatic heterocycles. The van der Waals surface area contributed by atoms with Crippen molar-refractivity contribution in [3.63, 3.8) is 0 Å². The number of nitrogens with zero attached hydrogens (tertiary/aromatic N) is 2. The van der Waals surface area contributed by atoms with Gasteiger partial charge in [-0.25, -0.2) is 4.98 Å². The number of aromatic nitrogens is 1. The maximum Gasteiger partial charge on any atom is 0.260 e. The Kier molecular flexibility index (Phi) is 5.61. The van der Waals surface area contributed by atoms with E-state index in [1.54, 1.807) is 40.6 Å². The Morgan fingerprint density at radius 2 is 2.07 bits per heavy atom. The lowest BCUT2D eigenvalue weighted by Crippen LogP contribution is -2.38. The zero-order valence-electron chi connectivity index (χ0n) is 14.7. The van der Waals surface area contributed by atoms with Crippen molar-refractivity contribution < 1.29 is 14.3 Å². The van der Waals surface area contributed by atoms with Crippen LogP contribution < -0.4 is 10.1 Å². The van der Waals surface area contributed by atoms with Crippen molar-refractivity contribution in [2.45, 2.75) is 13.0 Å². The van der Waals surface area contributed by atoms with Gasteiger partial charge in [-0.1, -0.05) is 22.9 Å². The quantitative estimate of drug-likeness (QED) is 0.658. The van der Waals surface area contributed by atoms with Crippen LogP contribution in [0.5, 0.6) is 5.75 Å².